The van der Waals surface area contributed by atoms with Crippen LogP contribution in [0.25, 0.3) is 0 Å². The Balaban J connectivity index is 2.16. The number of nitrogens with two attached hydrogens (primary N) is 1. The van der Waals surface area contributed by atoms with Crippen molar-refractivity contribution in [2.24, 2.45) is 5.73 Å². The first-order chi connectivity index (χ1) is 9.31. The van der Waals surface area contributed by atoms with E-state index in [9.17, 15) is 13.2 Å². The molecule has 0 spiro atoms. The highest BCUT2D eigenvalue weighted by Gasteiger charge is 2.34. The topological polar surface area (TPSA) is 47.3 Å². The van der Waals surface area contributed by atoms with Crippen LogP contribution in [0.15, 0.2) is 18.2 Å². The van der Waals surface area contributed by atoms with Gasteiger partial charge in [0.1, 0.15) is 4.99 Å². The molecular weight excluding hydrogens is 289 g/mol. The maximum absolute atomic E-state index is 12.8. The molecule has 3 N–H and O–H groups in total. The zero-order valence-corrected chi connectivity index (χ0v) is 11.6. The summed E-state index contributed by atoms with van der Waals surface area (Å²) >= 11 is 4.70. The van der Waals surface area contributed by atoms with Gasteiger partial charge in [-0.2, -0.15) is 13.2 Å². The van der Waals surface area contributed by atoms with Crippen molar-refractivity contribution in [1.82, 2.24) is 0 Å². The van der Waals surface area contributed by atoms with Crippen molar-refractivity contribution in [3.63, 3.8) is 0 Å². The monoisotopic (exact) mass is 304 g/mol. The van der Waals surface area contributed by atoms with Gasteiger partial charge >= 0.3 is 6.18 Å². The van der Waals surface area contributed by atoms with Gasteiger partial charge in [-0.05, 0) is 31.0 Å². The Kier molecular flexibility index (Phi) is 4.19. The average Bonchev–Trinajstić information content (AvgIpc) is 2.31. The number of thiocarbonyl (C=S) groups is 1. The van der Waals surface area contributed by atoms with Gasteiger partial charge in [0.05, 0.1) is 11.7 Å². The molecule has 20 heavy (non-hydrogen) atoms. The zero-order valence-electron chi connectivity index (χ0n) is 10.8. The van der Waals surface area contributed by atoms with Gasteiger partial charge in [-0.3, -0.25) is 0 Å². The first kappa shape index (κ1) is 15.1. The largest absolute Gasteiger partial charge is 0.417 e. The SMILES string of the molecule is COC1CC(Nc2ccc(C(F)(F)F)c(C(N)=S)c2)C1. The lowest BCUT2D eigenvalue weighted by molar-refractivity contribution is -0.137. The maximum atomic E-state index is 12.8. The molecule has 0 aliphatic heterocycles. The second-order valence-corrected chi connectivity index (χ2v) is 5.23. The highest BCUT2D eigenvalue weighted by Crippen LogP contribution is 2.34. The molecule has 0 radical (unpaired) electrons. The third kappa shape index (κ3) is 3.21. The Morgan fingerprint density at radius 2 is 2.05 bits per heavy atom. The minimum absolute atomic E-state index is 0.153. The summed E-state index contributed by atoms with van der Waals surface area (Å²) in [6, 6.07) is 3.95. The van der Waals surface area contributed by atoms with Crippen LogP contribution < -0.4 is 11.1 Å². The van der Waals surface area contributed by atoms with Crippen LogP contribution in [0.2, 0.25) is 0 Å². The van der Waals surface area contributed by atoms with E-state index in [1.165, 1.54) is 12.1 Å². The number of rotatable bonds is 4. The van der Waals surface area contributed by atoms with E-state index in [4.69, 9.17) is 22.7 Å². The van der Waals surface area contributed by atoms with E-state index in [0.29, 0.717) is 5.69 Å². The summed E-state index contributed by atoms with van der Waals surface area (Å²) in [5.74, 6) is 0. The molecule has 1 aromatic carbocycles. The van der Waals surface area contributed by atoms with Crippen LogP contribution in [0.4, 0.5) is 18.9 Å². The second-order valence-electron chi connectivity index (χ2n) is 4.79. The summed E-state index contributed by atoms with van der Waals surface area (Å²) in [5, 5.41) is 3.15. The predicted molar refractivity (Wildman–Crippen MR) is 74.8 cm³/mol. The van der Waals surface area contributed by atoms with Crippen molar-refractivity contribution in [1.29, 1.82) is 0 Å². The van der Waals surface area contributed by atoms with Gasteiger partial charge in [-0.1, -0.05) is 12.2 Å². The van der Waals surface area contributed by atoms with Crippen molar-refractivity contribution in [2.75, 3.05) is 12.4 Å². The van der Waals surface area contributed by atoms with E-state index < -0.39 is 11.7 Å². The molecule has 1 aliphatic carbocycles. The highest BCUT2D eigenvalue weighted by atomic mass is 32.1. The van der Waals surface area contributed by atoms with Crippen LogP contribution in [0.1, 0.15) is 24.0 Å². The van der Waals surface area contributed by atoms with Crippen LogP contribution in [-0.4, -0.2) is 24.2 Å². The van der Waals surface area contributed by atoms with E-state index in [-0.39, 0.29) is 22.7 Å². The van der Waals surface area contributed by atoms with Crippen molar-refractivity contribution in [3.05, 3.63) is 29.3 Å². The molecule has 2 rings (SSSR count). The number of ether oxygens (including phenoxy) is 1. The number of anilines is 1. The summed E-state index contributed by atoms with van der Waals surface area (Å²) in [4.78, 5) is -0.260. The van der Waals surface area contributed by atoms with Crippen LogP contribution in [-0.2, 0) is 10.9 Å². The van der Waals surface area contributed by atoms with Crippen molar-refractivity contribution in [2.45, 2.75) is 31.2 Å². The number of hydrogen-bond donors (Lipinski definition) is 2. The summed E-state index contributed by atoms with van der Waals surface area (Å²) < 4.78 is 43.6. The third-order valence-corrected chi connectivity index (χ3v) is 3.61. The molecule has 1 fully saturated rings. The predicted octanol–water partition coefficient (Wildman–Crippen LogP) is 2.93. The lowest BCUT2D eigenvalue weighted by atomic mass is 9.89. The van der Waals surface area contributed by atoms with E-state index in [0.717, 1.165) is 18.9 Å². The summed E-state index contributed by atoms with van der Waals surface area (Å²) in [5.41, 5.74) is 5.01. The fraction of sp³-hybridized carbons (Fsp3) is 0.462. The fourth-order valence-electron chi connectivity index (χ4n) is 2.20. The van der Waals surface area contributed by atoms with Crippen molar-refractivity contribution in [3.8, 4) is 0 Å². The van der Waals surface area contributed by atoms with Crippen molar-refractivity contribution < 1.29 is 17.9 Å². The van der Waals surface area contributed by atoms with Gasteiger partial charge in [-0.15, -0.1) is 0 Å². The van der Waals surface area contributed by atoms with Gasteiger partial charge in [0.25, 0.3) is 0 Å². The molecule has 0 bridgehead atoms. The molecule has 3 nitrogen and oxygen atoms in total. The van der Waals surface area contributed by atoms with Crippen molar-refractivity contribution >= 4 is 22.9 Å². The molecule has 0 atom stereocenters. The first-order valence-electron chi connectivity index (χ1n) is 6.11. The molecule has 0 saturated heterocycles. The summed E-state index contributed by atoms with van der Waals surface area (Å²) in [6.45, 7) is 0. The lowest BCUT2D eigenvalue weighted by Crippen LogP contribution is -2.40. The fourth-order valence-corrected chi connectivity index (χ4v) is 2.37. The Bertz CT molecular complexity index is 513. The molecule has 1 saturated carbocycles. The summed E-state index contributed by atoms with van der Waals surface area (Å²) in [6.07, 6.45) is -2.58. The van der Waals surface area contributed by atoms with Gasteiger partial charge in [0.2, 0.25) is 0 Å². The molecule has 0 aromatic heterocycles. The molecule has 0 heterocycles. The molecule has 0 amide bonds. The van der Waals surface area contributed by atoms with Gasteiger partial charge in [0.15, 0.2) is 0 Å². The van der Waals surface area contributed by atoms with Crippen LogP contribution in [0, 0.1) is 0 Å². The quantitative estimate of drug-likeness (QED) is 0.840. The van der Waals surface area contributed by atoms with E-state index in [2.05, 4.69) is 5.32 Å². The van der Waals surface area contributed by atoms with E-state index >= 15 is 0 Å². The molecule has 110 valence electrons. The molecule has 1 aliphatic rings. The summed E-state index contributed by atoms with van der Waals surface area (Å²) in [7, 11) is 1.64. The second kappa shape index (κ2) is 5.57. The number of halogens is 3. The number of methoxy groups -OCH3 is 1. The normalized spacial score (nSPS) is 22.2. The van der Waals surface area contributed by atoms with E-state index in [1.54, 1.807) is 7.11 Å². The van der Waals surface area contributed by atoms with Crippen LogP contribution in [0.5, 0.6) is 0 Å². The minimum Gasteiger partial charge on any atom is -0.389 e. The standard InChI is InChI=1S/C13H15F3N2OS/c1-19-9-4-8(5-9)18-7-2-3-11(13(14,15)16)10(6-7)12(17)20/h2-3,6,8-9,18H,4-5H2,1H3,(H2,17,20). The number of alkyl halides is 3. The third-order valence-electron chi connectivity index (χ3n) is 3.39. The Hall–Kier alpha value is -1.34. The lowest BCUT2D eigenvalue weighted by Gasteiger charge is -2.35. The Morgan fingerprint density at radius 3 is 2.55 bits per heavy atom. The van der Waals surface area contributed by atoms with Crippen LogP contribution >= 0.6 is 12.2 Å². The highest BCUT2D eigenvalue weighted by molar-refractivity contribution is 7.80. The Morgan fingerprint density at radius 1 is 1.40 bits per heavy atom. The maximum Gasteiger partial charge on any atom is 0.417 e. The molecule has 1 aromatic rings. The number of nitrogens with one attached hydrogen (secondary N) is 1. The van der Waals surface area contributed by atoms with Gasteiger partial charge in [-0.25, -0.2) is 0 Å². The molecule has 7 heteroatoms. The number of benzene rings is 1. The van der Waals surface area contributed by atoms with Gasteiger partial charge in [0, 0.05) is 24.4 Å². The minimum atomic E-state index is -4.46. The molecule has 0 unspecified atom stereocenters. The molecular formula is C13H15F3N2OS. The zero-order chi connectivity index (χ0) is 14.9. The smallest absolute Gasteiger partial charge is 0.389 e. The van der Waals surface area contributed by atoms with Crippen LogP contribution in [0.3, 0.4) is 0 Å². The average molecular weight is 304 g/mol. The van der Waals surface area contributed by atoms with Gasteiger partial charge < -0.3 is 15.8 Å². The first-order valence-corrected chi connectivity index (χ1v) is 6.52. The number of hydrogen-bond acceptors (Lipinski definition) is 3. The van der Waals surface area contributed by atoms with E-state index in [1.807, 2.05) is 0 Å². The Labute approximate surface area is 120 Å².